The second-order valence-corrected chi connectivity index (χ2v) is 15.1. The largest absolute Gasteiger partial charge is 0.477 e. The summed E-state index contributed by atoms with van der Waals surface area (Å²) in [5.74, 6) is -1.59. The summed E-state index contributed by atoms with van der Waals surface area (Å²) in [6, 6.07) is 18.9. The van der Waals surface area contributed by atoms with Gasteiger partial charge >= 0.3 is 19.8 Å². The van der Waals surface area contributed by atoms with E-state index in [9.17, 15) is 18.9 Å². The average Bonchev–Trinajstić information content (AvgIpc) is 3.09. The Morgan fingerprint density at radius 3 is 1.86 bits per heavy atom. The van der Waals surface area contributed by atoms with Crippen LogP contribution in [0.3, 0.4) is 0 Å². The number of phosphoric ester groups is 1. The van der Waals surface area contributed by atoms with E-state index in [4.69, 9.17) is 37.3 Å². The van der Waals surface area contributed by atoms with Gasteiger partial charge in [0.15, 0.2) is 12.2 Å². The zero-order valence-electron chi connectivity index (χ0n) is 30.8. The number of carbonyl (C=O) groups is 3. The van der Waals surface area contributed by atoms with Crippen molar-refractivity contribution >= 4 is 25.5 Å². The van der Waals surface area contributed by atoms with Crippen LogP contribution in [0.4, 0.5) is 0 Å². The van der Waals surface area contributed by atoms with Gasteiger partial charge in [-0.3, -0.25) is 23.2 Å². The molecule has 12 nitrogen and oxygen atoms in total. The molecule has 0 aromatic heterocycles. The summed E-state index contributed by atoms with van der Waals surface area (Å²) >= 11 is 0. The summed E-state index contributed by atoms with van der Waals surface area (Å²) in [4.78, 5) is 38.6. The molecule has 0 spiro atoms. The highest BCUT2D eigenvalue weighted by molar-refractivity contribution is 7.48. The third-order valence-corrected chi connectivity index (χ3v) is 9.27. The Bertz CT molecular complexity index is 1370. The predicted molar refractivity (Wildman–Crippen MR) is 189 cm³/mol. The fraction of sp³-hybridized carbons (Fsp3) is 0.605. The first-order valence-electron chi connectivity index (χ1n) is 17.7. The van der Waals surface area contributed by atoms with Crippen LogP contribution in [0.25, 0.3) is 0 Å². The lowest BCUT2D eigenvalue weighted by Gasteiger charge is -2.45. The van der Waals surface area contributed by atoms with Gasteiger partial charge in [-0.25, -0.2) is 4.57 Å². The van der Waals surface area contributed by atoms with Crippen LogP contribution in [-0.4, -0.2) is 68.2 Å². The first-order chi connectivity index (χ1) is 24.3. The van der Waals surface area contributed by atoms with Crippen molar-refractivity contribution < 1.29 is 56.2 Å². The summed E-state index contributed by atoms with van der Waals surface area (Å²) in [7, 11) is -4.32. The number of phosphoric acid groups is 1. The van der Waals surface area contributed by atoms with E-state index in [1.165, 1.54) is 6.92 Å². The molecule has 5 atom stereocenters. The van der Waals surface area contributed by atoms with Crippen molar-refractivity contribution in [2.24, 2.45) is 5.41 Å². The number of hydrogen-bond acceptors (Lipinski definition) is 12. The van der Waals surface area contributed by atoms with Gasteiger partial charge in [-0.15, -0.1) is 0 Å². The maximum absolute atomic E-state index is 14.2. The second-order valence-electron chi connectivity index (χ2n) is 13.5. The van der Waals surface area contributed by atoms with Gasteiger partial charge in [0, 0.05) is 6.42 Å². The molecule has 2 aromatic carbocycles. The number of rotatable bonds is 22. The van der Waals surface area contributed by atoms with Crippen molar-refractivity contribution in [1.82, 2.24) is 0 Å². The SMILES string of the molecule is CCCCOP(=O)(OCCCC)OC1O[C@H](COCc2ccccc2)[C@@H](OCc2ccccc2)[C@H](OC(=O)CCC(C)=O)[C@H]1OC(=O)C(C)(C)C. The molecular weight excluding hydrogens is 679 g/mol. The first-order valence-corrected chi connectivity index (χ1v) is 19.2. The van der Waals surface area contributed by atoms with Crippen LogP contribution in [0.15, 0.2) is 60.7 Å². The summed E-state index contributed by atoms with van der Waals surface area (Å²) < 4.78 is 62.7. The molecule has 0 amide bonds. The van der Waals surface area contributed by atoms with Crippen LogP contribution in [0.1, 0.15) is 91.2 Å². The Morgan fingerprint density at radius 1 is 0.765 bits per heavy atom. The van der Waals surface area contributed by atoms with E-state index in [1.54, 1.807) is 20.8 Å². The lowest BCUT2D eigenvalue weighted by molar-refractivity contribution is -0.301. The van der Waals surface area contributed by atoms with Gasteiger partial charge in [-0.05, 0) is 51.7 Å². The van der Waals surface area contributed by atoms with Crippen molar-refractivity contribution in [3.05, 3.63) is 71.8 Å². The second kappa shape index (κ2) is 21.5. The Morgan fingerprint density at radius 2 is 1.33 bits per heavy atom. The highest BCUT2D eigenvalue weighted by Gasteiger charge is 2.54. The summed E-state index contributed by atoms with van der Waals surface area (Å²) in [5, 5.41) is 0. The van der Waals surface area contributed by atoms with Crippen molar-refractivity contribution in [3.8, 4) is 0 Å². The van der Waals surface area contributed by atoms with Crippen LogP contribution in [0.5, 0.6) is 0 Å². The maximum Gasteiger partial charge on any atom is 0.477 e. The van der Waals surface area contributed by atoms with Crippen molar-refractivity contribution in [3.63, 3.8) is 0 Å². The van der Waals surface area contributed by atoms with Crippen molar-refractivity contribution in [1.29, 1.82) is 0 Å². The number of esters is 2. The van der Waals surface area contributed by atoms with Gasteiger partial charge in [0.05, 0.1) is 44.9 Å². The standard InChI is InChI=1S/C38H55O12P/c1-7-9-23-45-51(42,46-24-10-8-2)50-36-35(49-37(41)38(4,5)6)34(48-32(40)22-21-28(3)39)33(44-26-30-19-15-12-16-20-30)31(47-36)27-43-25-29-17-13-11-14-18-29/h11-20,31,33-36H,7-10,21-27H2,1-6H3/t31-,33-,34+,35-,36?/m1/s1. The van der Waals surface area contributed by atoms with Gasteiger partial charge < -0.3 is 28.5 Å². The van der Waals surface area contributed by atoms with E-state index in [0.717, 1.165) is 24.0 Å². The minimum atomic E-state index is -4.32. The van der Waals surface area contributed by atoms with Crippen molar-refractivity contribution in [2.75, 3.05) is 19.8 Å². The molecule has 0 N–H and O–H groups in total. The third kappa shape index (κ3) is 14.9. The van der Waals surface area contributed by atoms with E-state index in [2.05, 4.69) is 0 Å². The van der Waals surface area contributed by atoms with E-state index in [1.807, 2.05) is 74.5 Å². The maximum atomic E-state index is 14.2. The Hall–Kier alpha value is -2.96. The minimum Gasteiger partial charge on any atom is -0.455 e. The minimum absolute atomic E-state index is 0.0562. The number of hydrogen-bond donors (Lipinski definition) is 0. The Labute approximate surface area is 302 Å². The fourth-order valence-electron chi connectivity index (χ4n) is 4.85. The molecule has 1 aliphatic heterocycles. The molecule has 1 unspecified atom stereocenters. The monoisotopic (exact) mass is 734 g/mol. The molecule has 1 fully saturated rings. The predicted octanol–water partition coefficient (Wildman–Crippen LogP) is 7.51. The van der Waals surface area contributed by atoms with Crippen LogP contribution in [0.2, 0.25) is 0 Å². The quantitative estimate of drug-likeness (QED) is 0.0671. The van der Waals surface area contributed by atoms with E-state index >= 15 is 0 Å². The number of ether oxygens (including phenoxy) is 5. The smallest absolute Gasteiger partial charge is 0.455 e. The topological polar surface area (TPSA) is 142 Å². The molecule has 0 bridgehead atoms. The van der Waals surface area contributed by atoms with Crippen LogP contribution in [0, 0.1) is 5.41 Å². The summed E-state index contributed by atoms with van der Waals surface area (Å²) in [6.45, 7) is 10.7. The number of benzene rings is 2. The molecule has 0 aliphatic carbocycles. The molecule has 1 saturated heterocycles. The zero-order chi connectivity index (χ0) is 37.3. The molecule has 3 rings (SSSR count). The van der Waals surface area contributed by atoms with Crippen molar-refractivity contribution in [2.45, 2.75) is 124 Å². The van der Waals surface area contributed by atoms with E-state index in [0.29, 0.717) is 12.8 Å². The molecule has 1 heterocycles. The highest BCUT2D eigenvalue weighted by atomic mass is 31.2. The van der Waals surface area contributed by atoms with Gasteiger partial charge in [-0.2, -0.15) is 0 Å². The molecule has 284 valence electrons. The molecule has 2 aromatic rings. The van der Waals surface area contributed by atoms with E-state index < -0.39 is 55.9 Å². The highest BCUT2D eigenvalue weighted by Crippen LogP contribution is 2.53. The Balaban J connectivity index is 2.08. The van der Waals surface area contributed by atoms with Crippen LogP contribution < -0.4 is 0 Å². The van der Waals surface area contributed by atoms with E-state index in [-0.39, 0.29) is 51.7 Å². The zero-order valence-corrected chi connectivity index (χ0v) is 31.7. The number of ketones is 1. The molecular formula is C38H55O12P. The lowest BCUT2D eigenvalue weighted by atomic mass is 9.95. The van der Waals surface area contributed by atoms with Crippen LogP contribution >= 0.6 is 7.82 Å². The number of carbonyl (C=O) groups excluding carboxylic acids is 3. The van der Waals surface area contributed by atoms with Gasteiger partial charge in [0.25, 0.3) is 0 Å². The number of Topliss-reactive ketones (excluding diaryl/α,β-unsaturated/α-hetero) is 1. The molecule has 13 heteroatoms. The average molecular weight is 735 g/mol. The summed E-state index contributed by atoms with van der Waals surface area (Å²) in [6.07, 6.45) is -4.07. The normalized spacial score (nSPS) is 20.9. The molecule has 1 aliphatic rings. The fourth-order valence-corrected chi connectivity index (χ4v) is 6.17. The van der Waals surface area contributed by atoms with Gasteiger partial charge in [0.1, 0.15) is 18.0 Å². The summed E-state index contributed by atoms with van der Waals surface area (Å²) in [5.41, 5.74) is 0.732. The van der Waals surface area contributed by atoms with Crippen LogP contribution in [-0.2, 0) is 69.4 Å². The lowest BCUT2D eigenvalue weighted by Crippen LogP contribution is -2.62. The molecule has 0 radical (unpaired) electrons. The van der Waals surface area contributed by atoms with Gasteiger partial charge in [-0.1, -0.05) is 87.4 Å². The Kier molecular flexibility index (Phi) is 17.9. The molecule has 0 saturated carbocycles. The number of unbranched alkanes of at least 4 members (excludes halogenated alkanes) is 2. The van der Waals surface area contributed by atoms with Gasteiger partial charge in [0.2, 0.25) is 6.29 Å². The molecule has 51 heavy (non-hydrogen) atoms. The first kappa shape index (κ1) is 42.5. The third-order valence-electron chi connectivity index (χ3n) is 7.80.